The zero-order chi connectivity index (χ0) is 16.3. The highest BCUT2D eigenvalue weighted by Crippen LogP contribution is 2.32. The van der Waals surface area contributed by atoms with Crippen LogP contribution < -0.4 is 9.46 Å². The molecule has 0 amide bonds. The van der Waals surface area contributed by atoms with Gasteiger partial charge in [0.1, 0.15) is 9.96 Å². The zero-order valence-corrected chi connectivity index (χ0v) is 13.9. The third-order valence-corrected chi connectivity index (χ3v) is 6.02. The fourth-order valence-electron chi connectivity index (χ4n) is 2.03. The predicted octanol–water partition coefficient (Wildman–Crippen LogP) is 3.34. The summed E-state index contributed by atoms with van der Waals surface area (Å²) in [6, 6.07) is 12.1. The van der Waals surface area contributed by atoms with Crippen LogP contribution >= 0.6 is 11.3 Å². The molecule has 2 N–H and O–H groups in total. The van der Waals surface area contributed by atoms with Crippen LogP contribution in [-0.4, -0.2) is 25.2 Å². The number of para-hydroxylation sites is 2. The van der Waals surface area contributed by atoms with Crippen molar-refractivity contribution >= 4 is 27.0 Å². The number of hydrogen-bond donors (Lipinski definition) is 2. The molecule has 0 saturated heterocycles. The minimum Gasteiger partial charge on any atom is -0.492 e. The maximum absolute atomic E-state index is 12.6. The molecule has 0 fully saturated rings. The van der Waals surface area contributed by atoms with E-state index < -0.39 is 10.0 Å². The third-order valence-electron chi connectivity index (χ3n) is 3.04. The summed E-state index contributed by atoms with van der Waals surface area (Å²) in [4.78, 5) is 0.806. The van der Waals surface area contributed by atoms with Gasteiger partial charge in [0.15, 0.2) is 0 Å². The summed E-state index contributed by atoms with van der Waals surface area (Å²) in [5, 5.41) is 6.69. The first-order chi connectivity index (χ1) is 11.1. The topological polar surface area (TPSA) is 84.1 Å². The second kappa shape index (κ2) is 6.43. The van der Waals surface area contributed by atoms with Crippen LogP contribution in [0.3, 0.4) is 0 Å². The van der Waals surface area contributed by atoms with Gasteiger partial charge in [0.05, 0.1) is 22.9 Å². The molecule has 3 rings (SSSR count). The van der Waals surface area contributed by atoms with Crippen LogP contribution in [-0.2, 0) is 10.0 Å². The summed E-state index contributed by atoms with van der Waals surface area (Å²) >= 11 is 1.17. The lowest BCUT2D eigenvalue weighted by Gasteiger charge is -2.11. The van der Waals surface area contributed by atoms with Crippen molar-refractivity contribution in [1.82, 2.24) is 10.2 Å². The van der Waals surface area contributed by atoms with E-state index in [2.05, 4.69) is 14.9 Å². The first kappa shape index (κ1) is 15.6. The molecule has 1 aromatic carbocycles. The van der Waals surface area contributed by atoms with Gasteiger partial charge in [-0.25, -0.2) is 8.42 Å². The molecule has 0 bridgehead atoms. The van der Waals surface area contributed by atoms with Crippen LogP contribution in [0.15, 0.2) is 52.9 Å². The lowest BCUT2D eigenvalue weighted by Crippen LogP contribution is -2.12. The molecule has 0 aliphatic carbocycles. The van der Waals surface area contributed by atoms with E-state index in [1.807, 2.05) is 6.92 Å². The third kappa shape index (κ3) is 3.38. The molecule has 3 aromatic rings. The first-order valence-corrected chi connectivity index (χ1v) is 9.24. The number of aromatic nitrogens is 2. The highest BCUT2D eigenvalue weighted by molar-refractivity contribution is 7.94. The highest BCUT2D eigenvalue weighted by atomic mass is 32.2. The summed E-state index contributed by atoms with van der Waals surface area (Å²) in [7, 11) is -3.67. The van der Waals surface area contributed by atoms with Gasteiger partial charge >= 0.3 is 0 Å². The maximum atomic E-state index is 12.6. The molecule has 0 atom stereocenters. The smallest absolute Gasteiger partial charge is 0.271 e. The van der Waals surface area contributed by atoms with Crippen LogP contribution in [0.5, 0.6) is 5.75 Å². The van der Waals surface area contributed by atoms with Gasteiger partial charge in [-0.1, -0.05) is 12.1 Å². The molecule has 120 valence electrons. The van der Waals surface area contributed by atoms with E-state index in [-0.39, 0.29) is 4.21 Å². The minimum absolute atomic E-state index is 0.230. The number of rotatable bonds is 6. The van der Waals surface area contributed by atoms with E-state index in [4.69, 9.17) is 4.74 Å². The van der Waals surface area contributed by atoms with Crippen LogP contribution in [0.2, 0.25) is 0 Å². The van der Waals surface area contributed by atoms with Gasteiger partial charge in [-0.2, -0.15) is 5.10 Å². The molecule has 0 radical (unpaired) electrons. The van der Waals surface area contributed by atoms with Crippen molar-refractivity contribution in [2.45, 2.75) is 11.1 Å². The number of nitrogens with one attached hydrogen (secondary N) is 2. The number of aromatic amines is 1. The van der Waals surface area contributed by atoms with Crippen LogP contribution in [0, 0.1) is 0 Å². The monoisotopic (exact) mass is 349 g/mol. The van der Waals surface area contributed by atoms with Gasteiger partial charge in [0.25, 0.3) is 10.0 Å². The summed E-state index contributed by atoms with van der Waals surface area (Å²) in [6.07, 6.45) is 1.62. The Bertz CT molecular complexity index is 886. The summed E-state index contributed by atoms with van der Waals surface area (Å²) in [6.45, 7) is 2.31. The molecule has 2 heterocycles. The average molecular weight is 349 g/mol. The SMILES string of the molecule is CCOc1ccccc1NS(=O)(=O)c1ccc(-c2ccn[nH]2)s1. The summed E-state index contributed by atoms with van der Waals surface area (Å²) in [5.74, 6) is 0.504. The Kier molecular flexibility index (Phi) is 4.35. The molecule has 0 spiro atoms. The molecular weight excluding hydrogens is 334 g/mol. The predicted molar refractivity (Wildman–Crippen MR) is 90.3 cm³/mol. The van der Waals surface area contributed by atoms with E-state index >= 15 is 0 Å². The minimum atomic E-state index is -3.67. The van der Waals surface area contributed by atoms with Gasteiger partial charge in [-0.15, -0.1) is 11.3 Å². The Hall–Kier alpha value is -2.32. The Morgan fingerprint density at radius 1 is 1.22 bits per heavy atom. The molecule has 8 heteroatoms. The number of H-pyrrole nitrogens is 1. The number of sulfonamides is 1. The molecular formula is C15H15N3O3S2. The van der Waals surface area contributed by atoms with E-state index in [1.54, 1.807) is 48.7 Å². The van der Waals surface area contributed by atoms with Crippen molar-refractivity contribution < 1.29 is 13.2 Å². The number of anilines is 1. The standard InChI is InChI=1S/C15H15N3O3S2/c1-2-21-13-6-4-3-5-11(13)18-23(19,20)15-8-7-14(22-15)12-9-10-16-17-12/h3-10,18H,2H2,1H3,(H,16,17). The number of benzene rings is 1. The Morgan fingerprint density at radius 3 is 2.78 bits per heavy atom. The number of ether oxygens (including phenoxy) is 1. The second-order valence-corrected chi connectivity index (χ2v) is 7.62. The molecule has 0 unspecified atom stereocenters. The summed E-state index contributed by atoms with van der Waals surface area (Å²) in [5.41, 5.74) is 1.21. The molecule has 0 aliphatic heterocycles. The Morgan fingerprint density at radius 2 is 2.04 bits per heavy atom. The fraction of sp³-hybridized carbons (Fsp3) is 0.133. The van der Waals surface area contributed by atoms with Gasteiger partial charge in [0, 0.05) is 6.20 Å². The van der Waals surface area contributed by atoms with Crippen molar-refractivity contribution in [3.8, 4) is 16.3 Å². The van der Waals surface area contributed by atoms with E-state index in [1.165, 1.54) is 11.3 Å². The van der Waals surface area contributed by atoms with Gasteiger partial charge in [0.2, 0.25) is 0 Å². The van der Waals surface area contributed by atoms with Crippen molar-refractivity contribution in [3.63, 3.8) is 0 Å². The molecule has 23 heavy (non-hydrogen) atoms. The first-order valence-electron chi connectivity index (χ1n) is 6.94. The van der Waals surface area contributed by atoms with Gasteiger partial charge < -0.3 is 4.74 Å². The largest absolute Gasteiger partial charge is 0.492 e. The highest BCUT2D eigenvalue weighted by Gasteiger charge is 2.19. The van der Waals surface area contributed by atoms with Crippen LogP contribution in [0.25, 0.3) is 10.6 Å². The lowest BCUT2D eigenvalue weighted by molar-refractivity contribution is 0.342. The lowest BCUT2D eigenvalue weighted by atomic mass is 10.3. The molecule has 6 nitrogen and oxygen atoms in total. The molecule has 0 aliphatic rings. The quantitative estimate of drug-likeness (QED) is 0.715. The second-order valence-electron chi connectivity index (χ2n) is 4.62. The Balaban J connectivity index is 1.88. The van der Waals surface area contributed by atoms with Gasteiger partial charge in [-0.05, 0) is 37.3 Å². The number of thiophene rings is 1. The maximum Gasteiger partial charge on any atom is 0.271 e. The number of hydrogen-bond acceptors (Lipinski definition) is 5. The Labute approximate surface area is 138 Å². The summed E-state index contributed by atoms with van der Waals surface area (Å²) < 4.78 is 33.4. The van der Waals surface area contributed by atoms with Crippen molar-refractivity contribution in [3.05, 3.63) is 48.7 Å². The van der Waals surface area contributed by atoms with E-state index in [0.29, 0.717) is 18.0 Å². The normalized spacial score (nSPS) is 11.3. The molecule has 2 aromatic heterocycles. The molecule has 0 saturated carbocycles. The van der Waals surface area contributed by atoms with Crippen molar-refractivity contribution in [1.29, 1.82) is 0 Å². The van der Waals surface area contributed by atoms with Crippen molar-refractivity contribution in [2.75, 3.05) is 11.3 Å². The van der Waals surface area contributed by atoms with E-state index in [0.717, 1.165) is 10.6 Å². The van der Waals surface area contributed by atoms with Crippen LogP contribution in [0.4, 0.5) is 5.69 Å². The van der Waals surface area contributed by atoms with Crippen LogP contribution in [0.1, 0.15) is 6.92 Å². The number of nitrogens with zero attached hydrogens (tertiary/aromatic N) is 1. The van der Waals surface area contributed by atoms with Crippen molar-refractivity contribution in [2.24, 2.45) is 0 Å². The average Bonchev–Trinajstić information content (AvgIpc) is 3.20. The van der Waals surface area contributed by atoms with E-state index in [9.17, 15) is 8.42 Å². The van der Waals surface area contributed by atoms with Gasteiger partial charge in [-0.3, -0.25) is 9.82 Å². The fourth-order valence-corrected chi connectivity index (χ4v) is 4.38. The zero-order valence-electron chi connectivity index (χ0n) is 12.3.